The SMILES string of the molecule is CC(C)(C)C(C)(C)C(C)(C)O[N+](=O)[O-]. The summed E-state index contributed by atoms with van der Waals surface area (Å²) in [6.45, 7) is 13.6. The Morgan fingerprint density at radius 1 is 1.00 bits per heavy atom. The van der Waals surface area contributed by atoms with Gasteiger partial charge < -0.3 is 4.84 Å². The van der Waals surface area contributed by atoms with Crippen LogP contribution in [0.5, 0.6) is 0 Å². The third-order valence-corrected chi connectivity index (χ3v) is 3.68. The van der Waals surface area contributed by atoms with Gasteiger partial charge in [-0.2, -0.15) is 0 Å². The van der Waals surface area contributed by atoms with Crippen molar-refractivity contribution in [3.8, 4) is 0 Å². The number of nitrogens with zero attached hydrogens (tertiary/aromatic N) is 1. The fourth-order valence-electron chi connectivity index (χ4n) is 1.20. The maximum absolute atomic E-state index is 10.4. The van der Waals surface area contributed by atoms with Crippen LogP contribution in [0, 0.1) is 20.9 Å². The van der Waals surface area contributed by atoms with Gasteiger partial charge in [0, 0.05) is 0 Å². The van der Waals surface area contributed by atoms with E-state index in [1.807, 2.05) is 13.8 Å². The zero-order chi connectivity index (χ0) is 11.8. The van der Waals surface area contributed by atoms with E-state index in [-0.39, 0.29) is 10.8 Å². The summed E-state index contributed by atoms with van der Waals surface area (Å²) in [6.07, 6.45) is 0. The first-order valence-electron chi connectivity index (χ1n) is 4.75. The first-order valence-corrected chi connectivity index (χ1v) is 4.75. The molecule has 0 N–H and O–H groups in total. The predicted octanol–water partition coefficient (Wildman–Crippen LogP) is 3.05. The Kier molecular flexibility index (Phi) is 3.21. The normalized spacial score (nSPS) is 13.9. The number of hydrogen-bond donors (Lipinski definition) is 0. The molecule has 0 radical (unpaired) electrons. The molecule has 0 spiro atoms. The van der Waals surface area contributed by atoms with Crippen LogP contribution in [-0.4, -0.2) is 10.7 Å². The molecule has 0 heterocycles. The molecule has 0 aromatic carbocycles. The van der Waals surface area contributed by atoms with E-state index in [1.165, 1.54) is 0 Å². The molecule has 4 heteroatoms. The first kappa shape index (κ1) is 13.2. The van der Waals surface area contributed by atoms with Crippen LogP contribution in [0.1, 0.15) is 48.5 Å². The predicted molar refractivity (Wildman–Crippen MR) is 55.4 cm³/mol. The zero-order valence-electron chi connectivity index (χ0n) is 10.2. The van der Waals surface area contributed by atoms with Crippen LogP contribution in [-0.2, 0) is 4.84 Å². The van der Waals surface area contributed by atoms with Crippen molar-refractivity contribution in [2.75, 3.05) is 0 Å². The van der Waals surface area contributed by atoms with Crippen LogP contribution in [0.3, 0.4) is 0 Å². The van der Waals surface area contributed by atoms with Gasteiger partial charge in [0.2, 0.25) is 0 Å². The largest absolute Gasteiger partial charge is 0.307 e. The van der Waals surface area contributed by atoms with Gasteiger partial charge in [0.15, 0.2) is 0 Å². The van der Waals surface area contributed by atoms with Gasteiger partial charge in [-0.1, -0.05) is 34.6 Å². The Bertz CT molecular complexity index is 226. The minimum absolute atomic E-state index is 0.0630. The summed E-state index contributed by atoms with van der Waals surface area (Å²) >= 11 is 0. The van der Waals surface area contributed by atoms with E-state index in [9.17, 15) is 10.1 Å². The highest BCUT2D eigenvalue weighted by molar-refractivity contribution is 4.95. The molecule has 4 nitrogen and oxygen atoms in total. The van der Waals surface area contributed by atoms with E-state index >= 15 is 0 Å². The average Bonchev–Trinajstić information content (AvgIpc) is 1.80. The second kappa shape index (κ2) is 3.41. The summed E-state index contributed by atoms with van der Waals surface area (Å²) in [4.78, 5) is 15.1. The Balaban J connectivity index is 4.97. The third-order valence-electron chi connectivity index (χ3n) is 3.68. The minimum Gasteiger partial charge on any atom is -0.307 e. The summed E-state index contributed by atoms with van der Waals surface area (Å²) in [7, 11) is 0. The molecule has 0 aliphatic heterocycles. The van der Waals surface area contributed by atoms with Crippen LogP contribution in [0.4, 0.5) is 0 Å². The summed E-state index contributed by atoms with van der Waals surface area (Å²) in [5.41, 5.74) is -1.16. The van der Waals surface area contributed by atoms with Crippen molar-refractivity contribution in [1.29, 1.82) is 0 Å². The molecule has 84 valence electrons. The molecule has 0 rings (SSSR count). The molecule has 14 heavy (non-hydrogen) atoms. The lowest BCUT2D eigenvalue weighted by Gasteiger charge is -2.48. The number of rotatable bonds is 3. The van der Waals surface area contributed by atoms with Gasteiger partial charge >= 0.3 is 0 Å². The van der Waals surface area contributed by atoms with Gasteiger partial charge in [0.05, 0.1) is 0 Å². The Hall–Kier alpha value is -0.800. The van der Waals surface area contributed by atoms with Crippen molar-refractivity contribution in [2.45, 2.75) is 54.1 Å². The van der Waals surface area contributed by atoms with Gasteiger partial charge in [-0.3, -0.25) is 0 Å². The van der Waals surface area contributed by atoms with E-state index in [0.717, 1.165) is 0 Å². The molecule has 0 aliphatic rings. The quantitative estimate of drug-likeness (QED) is 0.523. The summed E-state index contributed by atoms with van der Waals surface area (Å²) in [6, 6.07) is 0. The van der Waals surface area contributed by atoms with Crippen molar-refractivity contribution in [3.63, 3.8) is 0 Å². The number of hydrogen-bond acceptors (Lipinski definition) is 3. The van der Waals surface area contributed by atoms with Crippen LogP contribution in [0.15, 0.2) is 0 Å². The fraction of sp³-hybridized carbons (Fsp3) is 1.00. The van der Waals surface area contributed by atoms with Crippen molar-refractivity contribution in [3.05, 3.63) is 10.1 Å². The van der Waals surface area contributed by atoms with Gasteiger partial charge in [-0.05, 0) is 24.7 Å². The lowest BCUT2D eigenvalue weighted by atomic mass is 9.61. The molecule has 0 unspecified atom stereocenters. The van der Waals surface area contributed by atoms with Crippen LogP contribution < -0.4 is 0 Å². The van der Waals surface area contributed by atoms with E-state index in [4.69, 9.17) is 4.84 Å². The molecule has 0 fully saturated rings. The standard InChI is InChI=1S/C10H21NO3/c1-8(2,3)9(4,5)10(6,7)14-11(12)13/h1-7H3. The minimum atomic E-state index is -0.797. The lowest BCUT2D eigenvalue weighted by Crippen LogP contribution is -2.50. The molecule has 0 saturated heterocycles. The highest BCUT2D eigenvalue weighted by Crippen LogP contribution is 2.47. The molecule has 0 aliphatic carbocycles. The van der Waals surface area contributed by atoms with Crippen molar-refractivity contribution in [2.24, 2.45) is 10.8 Å². The molecule has 0 amide bonds. The Labute approximate surface area is 85.7 Å². The molecular formula is C10H21NO3. The van der Waals surface area contributed by atoms with E-state index in [1.54, 1.807) is 13.8 Å². The lowest BCUT2D eigenvalue weighted by molar-refractivity contribution is -0.784. The molecule has 0 aromatic heterocycles. The smallest absolute Gasteiger partial charge is 0.295 e. The summed E-state index contributed by atoms with van der Waals surface area (Å²) in [5.74, 6) is 0. The molecular weight excluding hydrogens is 182 g/mol. The average molecular weight is 203 g/mol. The first-order chi connectivity index (χ1) is 5.92. The highest BCUT2D eigenvalue weighted by Gasteiger charge is 2.48. The monoisotopic (exact) mass is 203 g/mol. The van der Waals surface area contributed by atoms with Gasteiger partial charge in [0.1, 0.15) is 5.60 Å². The van der Waals surface area contributed by atoms with Gasteiger partial charge in [0.25, 0.3) is 5.09 Å². The van der Waals surface area contributed by atoms with Gasteiger partial charge in [-0.15, -0.1) is 10.1 Å². The van der Waals surface area contributed by atoms with E-state index in [2.05, 4.69) is 20.8 Å². The topological polar surface area (TPSA) is 52.4 Å². The van der Waals surface area contributed by atoms with E-state index < -0.39 is 10.7 Å². The van der Waals surface area contributed by atoms with E-state index in [0.29, 0.717) is 0 Å². The third kappa shape index (κ3) is 2.36. The maximum Gasteiger partial charge on any atom is 0.295 e. The van der Waals surface area contributed by atoms with Crippen molar-refractivity contribution >= 4 is 0 Å². The molecule has 0 bridgehead atoms. The van der Waals surface area contributed by atoms with Crippen molar-refractivity contribution in [1.82, 2.24) is 0 Å². The summed E-state index contributed by atoms with van der Waals surface area (Å²) < 4.78 is 0. The Morgan fingerprint density at radius 3 is 1.57 bits per heavy atom. The zero-order valence-corrected chi connectivity index (χ0v) is 10.2. The maximum atomic E-state index is 10.4. The van der Waals surface area contributed by atoms with Crippen molar-refractivity contribution < 1.29 is 9.92 Å². The van der Waals surface area contributed by atoms with Crippen LogP contribution in [0.25, 0.3) is 0 Å². The second-order valence-electron chi connectivity index (χ2n) is 5.70. The molecule has 0 atom stereocenters. The molecule has 0 saturated carbocycles. The highest BCUT2D eigenvalue weighted by atomic mass is 17.0. The fourth-order valence-corrected chi connectivity index (χ4v) is 1.20. The summed E-state index contributed by atoms with van der Waals surface area (Å²) in [5, 5.41) is 9.66. The van der Waals surface area contributed by atoms with Crippen LogP contribution in [0.2, 0.25) is 0 Å². The molecule has 0 aromatic rings. The van der Waals surface area contributed by atoms with Crippen LogP contribution >= 0.6 is 0 Å². The Morgan fingerprint density at radius 2 is 1.36 bits per heavy atom. The van der Waals surface area contributed by atoms with Gasteiger partial charge in [-0.25, -0.2) is 0 Å². The second-order valence-corrected chi connectivity index (χ2v) is 5.70.